The topological polar surface area (TPSA) is 38.0 Å². The maximum absolute atomic E-state index is 5.92. The zero-order valence-corrected chi connectivity index (χ0v) is 12.6. The van der Waals surface area contributed by atoms with Gasteiger partial charge in [0, 0.05) is 12.0 Å². The van der Waals surface area contributed by atoms with E-state index in [9.17, 15) is 0 Å². The van der Waals surface area contributed by atoms with E-state index >= 15 is 0 Å². The van der Waals surface area contributed by atoms with E-state index in [1.165, 1.54) is 49.7 Å². The second-order valence-corrected chi connectivity index (χ2v) is 5.80. The van der Waals surface area contributed by atoms with Crippen molar-refractivity contribution in [3.63, 3.8) is 0 Å². The molecule has 2 nitrogen and oxygen atoms in total. The maximum Gasteiger partial charge on any atom is 0.0488 e. The number of nitrogens with two attached hydrogens (primary N) is 1. The lowest BCUT2D eigenvalue weighted by atomic mass is 9.82. The van der Waals surface area contributed by atoms with E-state index in [0.29, 0.717) is 5.92 Å². The molecule has 0 radical (unpaired) electrons. The highest BCUT2D eigenvalue weighted by atomic mass is 15.2. The van der Waals surface area contributed by atoms with Crippen molar-refractivity contribution in [2.24, 2.45) is 5.84 Å². The van der Waals surface area contributed by atoms with Crippen LogP contribution in [0.4, 0.5) is 0 Å². The summed E-state index contributed by atoms with van der Waals surface area (Å²) in [6.07, 6.45) is 11.3. The minimum absolute atomic E-state index is 0.278. The fraction of sp³-hybridized carbons (Fsp3) is 0.556. The Labute approximate surface area is 123 Å². The second kappa shape index (κ2) is 8.23. The van der Waals surface area contributed by atoms with Crippen LogP contribution in [0, 0.1) is 0 Å². The Hall–Kier alpha value is -1.12. The lowest BCUT2D eigenvalue weighted by Crippen LogP contribution is -2.41. The highest BCUT2D eigenvalue weighted by Crippen LogP contribution is 2.30. The van der Waals surface area contributed by atoms with Crippen LogP contribution in [-0.2, 0) is 0 Å². The Morgan fingerprint density at radius 1 is 1.10 bits per heavy atom. The molecule has 2 atom stereocenters. The van der Waals surface area contributed by atoms with Crippen molar-refractivity contribution in [3.8, 4) is 0 Å². The summed E-state index contributed by atoms with van der Waals surface area (Å²) in [4.78, 5) is 0. The molecule has 3 N–H and O–H groups in total. The zero-order valence-electron chi connectivity index (χ0n) is 12.6. The second-order valence-electron chi connectivity index (χ2n) is 5.80. The van der Waals surface area contributed by atoms with Crippen LogP contribution in [0.1, 0.15) is 63.4 Å². The number of benzene rings is 1. The summed E-state index contributed by atoms with van der Waals surface area (Å²) in [7, 11) is 0. The molecule has 1 aliphatic rings. The molecule has 0 bridgehead atoms. The predicted molar refractivity (Wildman–Crippen MR) is 86.4 cm³/mol. The quantitative estimate of drug-likeness (QED) is 0.476. The van der Waals surface area contributed by atoms with Gasteiger partial charge in [-0.25, -0.2) is 0 Å². The molecule has 0 amide bonds. The van der Waals surface area contributed by atoms with Gasteiger partial charge in [-0.3, -0.25) is 11.3 Å². The smallest absolute Gasteiger partial charge is 0.0488 e. The van der Waals surface area contributed by atoms with Gasteiger partial charge in [-0.2, -0.15) is 0 Å². The van der Waals surface area contributed by atoms with Gasteiger partial charge in [-0.15, -0.1) is 0 Å². The van der Waals surface area contributed by atoms with Gasteiger partial charge >= 0.3 is 0 Å². The average molecular weight is 272 g/mol. The number of rotatable bonds is 5. The number of allylic oxidation sites excluding steroid dienone is 1. The van der Waals surface area contributed by atoms with Gasteiger partial charge in [-0.1, -0.05) is 61.7 Å². The fourth-order valence-corrected chi connectivity index (χ4v) is 3.34. The molecule has 0 saturated carbocycles. The summed E-state index contributed by atoms with van der Waals surface area (Å²) in [5.74, 6) is 6.38. The molecule has 0 fully saturated rings. The molecule has 0 heterocycles. The van der Waals surface area contributed by atoms with Gasteiger partial charge in [0.1, 0.15) is 0 Å². The van der Waals surface area contributed by atoms with Crippen LogP contribution in [0.3, 0.4) is 0 Å². The molecule has 110 valence electrons. The monoisotopic (exact) mass is 272 g/mol. The van der Waals surface area contributed by atoms with E-state index in [-0.39, 0.29) is 6.04 Å². The third-order valence-corrected chi connectivity index (χ3v) is 4.48. The molecule has 1 aliphatic carbocycles. The minimum Gasteiger partial charge on any atom is -0.271 e. The van der Waals surface area contributed by atoms with E-state index in [2.05, 4.69) is 48.8 Å². The summed E-state index contributed by atoms with van der Waals surface area (Å²) >= 11 is 0. The van der Waals surface area contributed by atoms with Crippen LogP contribution in [0.2, 0.25) is 0 Å². The van der Waals surface area contributed by atoms with E-state index in [1.807, 2.05) is 0 Å². The Bertz CT molecular complexity index is 411. The summed E-state index contributed by atoms with van der Waals surface area (Å²) in [5, 5.41) is 0. The highest BCUT2D eigenvalue weighted by Gasteiger charge is 2.24. The Kier molecular flexibility index (Phi) is 6.28. The molecule has 2 rings (SSSR count). The van der Waals surface area contributed by atoms with Crippen molar-refractivity contribution in [1.82, 2.24) is 5.43 Å². The Morgan fingerprint density at radius 2 is 1.85 bits per heavy atom. The average Bonchev–Trinajstić information content (AvgIpc) is 2.46. The minimum atomic E-state index is 0.278. The summed E-state index contributed by atoms with van der Waals surface area (Å²) in [6.45, 7) is 2.26. The van der Waals surface area contributed by atoms with E-state index in [4.69, 9.17) is 5.84 Å². The first-order valence-electron chi connectivity index (χ1n) is 8.06. The first-order chi connectivity index (χ1) is 9.86. The van der Waals surface area contributed by atoms with E-state index in [1.54, 1.807) is 0 Å². The summed E-state index contributed by atoms with van der Waals surface area (Å²) in [6, 6.07) is 11.1. The Balaban J connectivity index is 2.20. The highest BCUT2D eigenvalue weighted by molar-refractivity contribution is 5.26. The maximum atomic E-state index is 5.92. The summed E-state index contributed by atoms with van der Waals surface area (Å²) < 4.78 is 0. The SMILES string of the molecule is CCC(c1ccccc1)C(NN)/C1=C/CCCCCC1. The van der Waals surface area contributed by atoms with Gasteiger partial charge in [0.2, 0.25) is 0 Å². The molecule has 0 aliphatic heterocycles. The standard InChI is InChI=1S/C18H28N2/c1-2-17(15-11-9-6-10-12-15)18(20-19)16-13-7-4-3-5-8-14-16/h6,9-13,17-18,20H,2-5,7-8,14,19H2,1H3/b16-13+. The van der Waals surface area contributed by atoms with Crippen LogP contribution >= 0.6 is 0 Å². The van der Waals surface area contributed by atoms with E-state index in [0.717, 1.165) is 6.42 Å². The molecule has 20 heavy (non-hydrogen) atoms. The normalized spacial score (nSPS) is 22.2. The molecule has 0 spiro atoms. The van der Waals surface area contributed by atoms with Crippen LogP contribution < -0.4 is 11.3 Å². The number of hydrazine groups is 1. The van der Waals surface area contributed by atoms with Crippen LogP contribution in [-0.4, -0.2) is 6.04 Å². The van der Waals surface area contributed by atoms with Crippen LogP contribution in [0.15, 0.2) is 42.0 Å². The molecule has 0 saturated heterocycles. The molecule has 1 aromatic carbocycles. The van der Waals surface area contributed by atoms with Crippen molar-refractivity contribution in [1.29, 1.82) is 0 Å². The van der Waals surface area contributed by atoms with Gasteiger partial charge in [0.05, 0.1) is 0 Å². The van der Waals surface area contributed by atoms with Crippen LogP contribution in [0.25, 0.3) is 0 Å². The van der Waals surface area contributed by atoms with Gasteiger partial charge < -0.3 is 0 Å². The third kappa shape index (κ3) is 3.94. The molecule has 1 aromatic rings. The first kappa shape index (κ1) is 15.3. The van der Waals surface area contributed by atoms with Gasteiger partial charge in [-0.05, 0) is 37.7 Å². The van der Waals surface area contributed by atoms with Crippen molar-refractivity contribution in [3.05, 3.63) is 47.5 Å². The summed E-state index contributed by atoms with van der Waals surface area (Å²) in [5.41, 5.74) is 6.01. The van der Waals surface area contributed by atoms with Crippen molar-refractivity contribution >= 4 is 0 Å². The lowest BCUT2D eigenvalue weighted by molar-refractivity contribution is 0.456. The molecule has 2 unspecified atom stereocenters. The van der Waals surface area contributed by atoms with Gasteiger partial charge in [0.25, 0.3) is 0 Å². The van der Waals surface area contributed by atoms with Crippen LogP contribution in [0.5, 0.6) is 0 Å². The molecule has 0 aromatic heterocycles. The lowest BCUT2D eigenvalue weighted by Gasteiger charge is -2.29. The molecular formula is C18H28N2. The largest absolute Gasteiger partial charge is 0.271 e. The first-order valence-corrected chi connectivity index (χ1v) is 8.06. The van der Waals surface area contributed by atoms with Crippen molar-refractivity contribution < 1.29 is 0 Å². The fourth-order valence-electron chi connectivity index (χ4n) is 3.34. The third-order valence-electron chi connectivity index (χ3n) is 4.48. The van der Waals surface area contributed by atoms with Crippen molar-refractivity contribution in [2.75, 3.05) is 0 Å². The molecule has 2 heteroatoms. The predicted octanol–water partition coefficient (Wildman–Crippen LogP) is 4.29. The number of hydrogen-bond donors (Lipinski definition) is 2. The zero-order chi connectivity index (χ0) is 14.2. The number of nitrogens with one attached hydrogen (secondary N) is 1. The molecular weight excluding hydrogens is 244 g/mol. The number of hydrogen-bond acceptors (Lipinski definition) is 2. The van der Waals surface area contributed by atoms with Crippen molar-refractivity contribution in [2.45, 2.75) is 63.8 Å². The van der Waals surface area contributed by atoms with E-state index < -0.39 is 0 Å². The Morgan fingerprint density at radius 3 is 2.55 bits per heavy atom. The van der Waals surface area contributed by atoms with Gasteiger partial charge in [0.15, 0.2) is 0 Å².